The summed E-state index contributed by atoms with van der Waals surface area (Å²) in [7, 11) is 0. The first kappa shape index (κ1) is 18.3. The summed E-state index contributed by atoms with van der Waals surface area (Å²) < 4.78 is 43.0. The van der Waals surface area contributed by atoms with Gasteiger partial charge in [0.15, 0.2) is 0 Å². The fraction of sp³-hybridized carbons (Fsp3) is 0.933. The molecule has 1 rings (SSSR count). The van der Waals surface area contributed by atoms with Crippen LogP contribution in [0.4, 0.5) is 13.2 Å². The molecule has 1 fully saturated rings. The molecule has 6 heteroatoms. The van der Waals surface area contributed by atoms with E-state index < -0.39 is 24.2 Å². The lowest BCUT2D eigenvalue weighted by molar-refractivity contribution is -0.164. The van der Waals surface area contributed by atoms with Crippen molar-refractivity contribution in [1.29, 1.82) is 0 Å². The zero-order valence-electron chi connectivity index (χ0n) is 13.2. The lowest BCUT2D eigenvalue weighted by Crippen LogP contribution is -2.63. The minimum Gasteiger partial charge on any atom is -0.465 e. The van der Waals surface area contributed by atoms with E-state index in [0.717, 1.165) is 12.8 Å². The van der Waals surface area contributed by atoms with Crippen LogP contribution in [0.5, 0.6) is 0 Å². The van der Waals surface area contributed by atoms with Gasteiger partial charge in [-0.3, -0.25) is 10.1 Å². The zero-order chi connectivity index (χ0) is 16.3. The number of esters is 1. The minimum atomic E-state index is -4.35. The fourth-order valence-electron chi connectivity index (χ4n) is 3.44. The second kappa shape index (κ2) is 6.99. The first-order valence-corrected chi connectivity index (χ1v) is 7.61. The number of ether oxygens (including phenoxy) is 1. The highest BCUT2D eigenvalue weighted by atomic mass is 19.4. The van der Waals surface area contributed by atoms with Gasteiger partial charge in [0.25, 0.3) is 0 Å². The van der Waals surface area contributed by atoms with E-state index in [1.165, 1.54) is 0 Å². The van der Waals surface area contributed by atoms with Gasteiger partial charge in [-0.25, -0.2) is 0 Å². The van der Waals surface area contributed by atoms with Crippen molar-refractivity contribution in [2.24, 2.45) is 17.8 Å². The summed E-state index contributed by atoms with van der Waals surface area (Å²) in [6, 6.07) is 0. The van der Waals surface area contributed by atoms with Crippen molar-refractivity contribution in [3.05, 3.63) is 0 Å². The predicted octanol–water partition coefficient (Wildman–Crippen LogP) is 3.53. The number of nitrogens with one attached hydrogen (secondary N) is 1. The molecular formula is C15H26F3NO2. The predicted molar refractivity (Wildman–Crippen MR) is 74.8 cm³/mol. The van der Waals surface area contributed by atoms with E-state index in [-0.39, 0.29) is 24.4 Å². The lowest BCUT2D eigenvalue weighted by atomic mass is 9.64. The summed E-state index contributed by atoms with van der Waals surface area (Å²) in [4.78, 5) is 12.4. The fourth-order valence-corrected chi connectivity index (χ4v) is 3.44. The summed E-state index contributed by atoms with van der Waals surface area (Å²) >= 11 is 0. The molecule has 0 bridgehead atoms. The average Bonchev–Trinajstić information content (AvgIpc) is 2.35. The van der Waals surface area contributed by atoms with Crippen LogP contribution in [0.2, 0.25) is 0 Å². The highest BCUT2D eigenvalue weighted by molar-refractivity contribution is 5.81. The van der Waals surface area contributed by atoms with Crippen molar-refractivity contribution < 1.29 is 22.7 Å². The van der Waals surface area contributed by atoms with Gasteiger partial charge < -0.3 is 4.74 Å². The molecule has 3 atom stereocenters. The van der Waals surface area contributed by atoms with Gasteiger partial charge >= 0.3 is 12.1 Å². The van der Waals surface area contributed by atoms with Crippen LogP contribution in [-0.2, 0) is 9.53 Å². The van der Waals surface area contributed by atoms with Crippen LogP contribution < -0.4 is 5.32 Å². The summed E-state index contributed by atoms with van der Waals surface area (Å²) in [5, 5.41) is 2.52. The molecule has 3 unspecified atom stereocenters. The molecular weight excluding hydrogens is 283 g/mol. The Bertz CT molecular complexity index is 357. The quantitative estimate of drug-likeness (QED) is 0.790. The normalized spacial score (nSPS) is 30.5. The van der Waals surface area contributed by atoms with E-state index in [1.807, 2.05) is 20.8 Å². The Kier molecular flexibility index (Phi) is 6.08. The van der Waals surface area contributed by atoms with Crippen LogP contribution in [0.15, 0.2) is 0 Å². The van der Waals surface area contributed by atoms with Gasteiger partial charge in [-0.15, -0.1) is 0 Å². The third-order valence-electron chi connectivity index (χ3n) is 4.32. The number of hydrogen-bond donors (Lipinski definition) is 1. The maximum atomic E-state index is 12.6. The molecule has 1 aliphatic rings. The first-order chi connectivity index (χ1) is 9.62. The van der Waals surface area contributed by atoms with E-state index in [1.54, 1.807) is 6.92 Å². The molecule has 0 heterocycles. The molecule has 0 aromatic heterocycles. The van der Waals surface area contributed by atoms with Crippen LogP contribution in [0.3, 0.4) is 0 Å². The summed E-state index contributed by atoms with van der Waals surface area (Å²) in [5.41, 5.74) is -1.22. The smallest absolute Gasteiger partial charge is 0.401 e. The van der Waals surface area contributed by atoms with Gasteiger partial charge in [0, 0.05) is 0 Å². The van der Waals surface area contributed by atoms with Crippen molar-refractivity contribution in [3.8, 4) is 0 Å². The maximum Gasteiger partial charge on any atom is 0.401 e. The van der Waals surface area contributed by atoms with Crippen LogP contribution >= 0.6 is 0 Å². The second-order valence-electron chi connectivity index (χ2n) is 6.40. The summed E-state index contributed by atoms with van der Waals surface area (Å²) in [6.07, 6.45) is -2.29. The highest BCUT2D eigenvalue weighted by Crippen LogP contribution is 2.42. The molecule has 0 radical (unpaired) electrons. The van der Waals surface area contributed by atoms with E-state index in [9.17, 15) is 18.0 Å². The van der Waals surface area contributed by atoms with Gasteiger partial charge in [-0.05, 0) is 37.5 Å². The Morgan fingerprint density at radius 2 is 2.00 bits per heavy atom. The Balaban J connectivity index is 3.09. The monoisotopic (exact) mass is 309 g/mol. The van der Waals surface area contributed by atoms with E-state index in [2.05, 4.69) is 5.32 Å². The Morgan fingerprint density at radius 1 is 1.38 bits per heavy atom. The van der Waals surface area contributed by atoms with Crippen LogP contribution in [-0.4, -0.2) is 30.8 Å². The van der Waals surface area contributed by atoms with E-state index >= 15 is 0 Å². The minimum absolute atomic E-state index is 0.114. The van der Waals surface area contributed by atoms with Gasteiger partial charge in [0.1, 0.15) is 5.54 Å². The number of alkyl halides is 3. The number of rotatable bonds is 5. The summed E-state index contributed by atoms with van der Waals surface area (Å²) in [5.74, 6) is -0.373. The largest absolute Gasteiger partial charge is 0.465 e. The van der Waals surface area contributed by atoms with Crippen LogP contribution in [0.1, 0.15) is 47.0 Å². The molecule has 0 saturated heterocycles. The number of halogens is 3. The van der Waals surface area contributed by atoms with Crippen molar-refractivity contribution >= 4 is 5.97 Å². The Labute approximate surface area is 124 Å². The maximum absolute atomic E-state index is 12.6. The van der Waals surface area contributed by atoms with Gasteiger partial charge in [0.2, 0.25) is 0 Å². The third-order valence-corrected chi connectivity index (χ3v) is 4.32. The molecule has 0 aliphatic heterocycles. The van der Waals surface area contributed by atoms with Gasteiger partial charge in [-0.1, -0.05) is 27.2 Å². The van der Waals surface area contributed by atoms with E-state index in [4.69, 9.17) is 4.74 Å². The van der Waals surface area contributed by atoms with Crippen LogP contribution in [0.25, 0.3) is 0 Å². The second-order valence-corrected chi connectivity index (χ2v) is 6.40. The lowest BCUT2D eigenvalue weighted by Gasteiger charge is -2.46. The Morgan fingerprint density at radius 3 is 2.48 bits per heavy atom. The number of carbonyl (C=O) groups excluding carboxylic acids is 1. The number of carbonyl (C=O) groups is 1. The SMILES string of the molecule is CCOC(=O)C1(NCC(F)(F)F)CC(C)CCC1C(C)C. The first-order valence-electron chi connectivity index (χ1n) is 7.61. The van der Waals surface area contributed by atoms with Crippen LogP contribution in [0, 0.1) is 17.8 Å². The molecule has 0 aromatic carbocycles. The van der Waals surface area contributed by atoms with Gasteiger partial charge in [0.05, 0.1) is 13.2 Å². The zero-order valence-corrected chi connectivity index (χ0v) is 13.2. The average molecular weight is 309 g/mol. The van der Waals surface area contributed by atoms with E-state index in [0.29, 0.717) is 6.42 Å². The Hall–Kier alpha value is -0.780. The molecule has 0 spiro atoms. The highest BCUT2D eigenvalue weighted by Gasteiger charge is 2.52. The van der Waals surface area contributed by atoms with Gasteiger partial charge in [-0.2, -0.15) is 13.2 Å². The molecule has 21 heavy (non-hydrogen) atoms. The van der Waals surface area contributed by atoms with Crippen molar-refractivity contribution in [1.82, 2.24) is 5.32 Å². The van der Waals surface area contributed by atoms with Crippen molar-refractivity contribution in [2.75, 3.05) is 13.2 Å². The molecule has 1 aliphatic carbocycles. The summed E-state index contributed by atoms with van der Waals surface area (Å²) in [6.45, 7) is 6.55. The standard InChI is InChI=1S/C15H26F3NO2/c1-5-21-13(20)14(19-9-15(16,17)18)8-11(4)6-7-12(14)10(2)3/h10-12,19H,5-9H2,1-4H3. The molecule has 1 N–H and O–H groups in total. The molecule has 3 nitrogen and oxygen atoms in total. The van der Waals surface area contributed by atoms with Crippen molar-refractivity contribution in [2.45, 2.75) is 58.7 Å². The molecule has 0 aromatic rings. The topological polar surface area (TPSA) is 38.3 Å². The number of hydrogen-bond acceptors (Lipinski definition) is 3. The molecule has 1 saturated carbocycles. The molecule has 124 valence electrons. The third kappa shape index (κ3) is 4.59. The van der Waals surface area contributed by atoms with Crippen molar-refractivity contribution in [3.63, 3.8) is 0 Å². The molecule has 0 amide bonds.